The van der Waals surface area contributed by atoms with Gasteiger partial charge in [0.05, 0.1) is 11.6 Å². The van der Waals surface area contributed by atoms with E-state index in [-0.39, 0.29) is 5.02 Å². The van der Waals surface area contributed by atoms with Gasteiger partial charge in [0.25, 0.3) is 0 Å². The first kappa shape index (κ1) is 14.7. The van der Waals surface area contributed by atoms with Crippen molar-refractivity contribution in [2.24, 2.45) is 0 Å². The SMILES string of the molecule is CCOc1ccc(NCc2ccc(F)c(Cl)c2)c(C)c1. The minimum Gasteiger partial charge on any atom is -0.494 e. The lowest BCUT2D eigenvalue weighted by atomic mass is 10.1. The summed E-state index contributed by atoms with van der Waals surface area (Å²) in [5.41, 5.74) is 3.06. The van der Waals surface area contributed by atoms with E-state index in [0.29, 0.717) is 13.2 Å². The Hall–Kier alpha value is -1.74. The van der Waals surface area contributed by atoms with Crippen LogP contribution < -0.4 is 10.1 Å². The number of benzene rings is 2. The average Bonchev–Trinajstić information content (AvgIpc) is 2.42. The second-order valence-corrected chi connectivity index (χ2v) is 4.92. The topological polar surface area (TPSA) is 21.3 Å². The molecule has 0 spiro atoms. The fraction of sp³-hybridized carbons (Fsp3) is 0.250. The van der Waals surface area contributed by atoms with Crippen LogP contribution in [0.15, 0.2) is 36.4 Å². The van der Waals surface area contributed by atoms with Gasteiger partial charge in [-0.3, -0.25) is 0 Å². The van der Waals surface area contributed by atoms with E-state index in [9.17, 15) is 4.39 Å². The molecule has 1 N–H and O–H groups in total. The summed E-state index contributed by atoms with van der Waals surface area (Å²) in [4.78, 5) is 0. The summed E-state index contributed by atoms with van der Waals surface area (Å²) < 4.78 is 18.5. The quantitative estimate of drug-likeness (QED) is 0.855. The molecule has 0 radical (unpaired) electrons. The van der Waals surface area contributed by atoms with Gasteiger partial charge in [-0.25, -0.2) is 4.39 Å². The number of ether oxygens (including phenoxy) is 1. The minimum atomic E-state index is -0.396. The molecule has 2 aromatic carbocycles. The van der Waals surface area contributed by atoms with Gasteiger partial charge in [0.2, 0.25) is 0 Å². The van der Waals surface area contributed by atoms with Crippen molar-refractivity contribution in [3.8, 4) is 5.75 Å². The van der Waals surface area contributed by atoms with Crippen molar-refractivity contribution >= 4 is 17.3 Å². The molecule has 2 rings (SSSR count). The third-order valence-corrected chi connectivity index (χ3v) is 3.27. The molecule has 0 aliphatic rings. The van der Waals surface area contributed by atoms with Crippen LogP contribution in [0.1, 0.15) is 18.1 Å². The van der Waals surface area contributed by atoms with E-state index in [2.05, 4.69) is 5.32 Å². The van der Waals surface area contributed by atoms with Gasteiger partial charge in [0.15, 0.2) is 0 Å². The number of hydrogen-bond acceptors (Lipinski definition) is 2. The van der Waals surface area contributed by atoms with Gasteiger partial charge < -0.3 is 10.1 Å². The maximum atomic E-state index is 13.1. The molecule has 2 aromatic rings. The van der Waals surface area contributed by atoms with Crippen molar-refractivity contribution < 1.29 is 9.13 Å². The molecule has 0 atom stereocenters. The molecule has 106 valence electrons. The molecule has 0 bridgehead atoms. The first-order valence-electron chi connectivity index (χ1n) is 6.51. The van der Waals surface area contributed by atoms with E-state index in [4.69, 9.17) is 16.3 Å². The van der Waals surface area contributed by atoms with Crippen LogP contribution in [-0.4, -0.2) is 6.61 Å². The Bertz CT molecular complexity index is 601. The van der Waals surface area contributed by atoms with Gasteiger partial charge in [-0.15, -0.1) is 0 Å². The highest BCUT2D eigenvalue weighted by atomic mass is 35.5. The van der Waals surface area contributed by atoms with Gasteiger partial charge in [-0.1, -0.05) is 17.7 Å². The molecule has 0 amide bonds. The summed E-state index contributed by atoms with van der Waals surface area (Å²) in [6, 6.07) is 10.6. The highest BCUT2D eigenvalue weighted by Gasteiger charge is 2.03. The number of nitrogens with one attached hydrogen (secondary N) is 1. The zero-order valence-electron chi connectivity index (χ0n) is 11.5. The molecule has 0 saturated carbocycles. The van der Waals surface area contributed by atoms with E-state index in [1.165, 1.54) is 6.07 Å². The van der Waals surface area contributed by atoms with Crippen molar-refractivity contribution in [2.75, 3.05) is 11.9 Å². The first-order chi connectivity index (χ1) is 9.60. The number of hydrogen-bond donors (Lipinski definition) is 1. The molecule has 0 unspecified atom stereocenters. The third kappa shape index (κ3) is 3.64. The largest absolute Gasteiger partial charge is 0.494 e. The van der Waals surface area contributed by atoms with Gasteiger partial charge in [-0.2, -0.15) is 0 Å². The number of aryl methyl sites for hydroxylation is 1. The van der Waals surface area contributed by atoms with Crippen LogP contribution in [-0.2, 0) is 6.54 Å². The molecule has 0 aliphatic carbocycles. The maximum absolute atomic E-state index is 13.1. The Balaban J connectivity index is 2.05. The Kier molecular flexibility index (Phi) is 4.85. The zero-order valence-corrected chi connectivity index (χ0v) is 12.3. The Morgan fingerprint density at radius 3 is 2.65 bits per heavy atom. The highest BCUT2D eigenvalue weighted by molar-refractivity contribution is 6.30. The molecule has 2 nitrogen and oxygen atoms in total. The van der Waals surface area contributed by atoms with Gasteiger partial charge in [-0.05, 0) is 55.3 Å². The third-order valence-electron chi connectivity index (χ3n) is 2.98. The van der Waals surface area contributed by atoms with Crippen molar-refractivity contribution in [2.45, 2.75) is 20.4 Å². The molecule has 0 fully saturated rings. The zero-order chi connectivity index (χ0) is 14.5. The monoisotopic (exact) mass is 293 g/mol. The van der Waals surface area contributed by atoms with Crippen molar-refractivity contribution in [3.05, 3.63) is 58.4 Å². The molecular weight excluding hydrogens is 277 g/mol. The van der Waals surface area contributed by atoms with Crippen LogP contribution in [0.4, 0.5) is 10.1 Å². The van der Waals surface area contributed by atoms with Crippen LogP contribution in [0.3, 0.4) is 0 Å². The fourth-order valence-corrected chi connectivity index (χ4v) is 2.14. The van der Waals surface area contributed by atoms with Crippen LogP contribution in [0.5, 0.6) is 5.75 Å². The Morgan fingerprint density at radius 2 is 2.00 bits per heavy atom. The van der Waals surface area contributed by atoms with Crippen LogP contribution in [0, 0.1) is 12.7 Å². The summed E-state index contributed by atoms with van der Waals surface area (Å²) in [5, 5.41) is 3.45. The van der Waals surface area contributed by atoms with Crippen LogP contribution in [0.2, 0.25) is 5.02 Å². The fourth-order valence-electron chi connectivity index (χ4n) is 1.94. The summed E-state index contributed by atoms with van der Waals surface area (Å²) in [6.07, 6.45) is 0. The highest BCUT2D eigenvalue weighted by Crippen LogP contribution is 2.22. The van der Waals surface area contributed by atoms with E-state index >= 15 is 0 Å². The Labute approximate surface area is 123 Å². The first-order valence-corrected chi connectivity index (χ1v) is 6.89. The van der Waals surface area contributed by atoms with Crippen molar-refractivity contribution in [3.63, 3.8) is 0 Å². The summed E-state index contributed by atoms with van der Waals surface area (Å²) in [5.74, 6) is 0.466. The number of rotatable bonds is 5. The van der Waals surface area contributed by atoms with E-state index in [1.54, 1.807) is 12.1 Å². The second-order valence-electron chi connectivity index (χ2n) is 4.51. The van der Waals surface area contributed by atoms with Gasteiger partial charge in [0.1, 0.15) is 11.6 Å². The predicted octanol–water partition coefficient (Wildman–Crippen LogP) is 4.80. The van der Waals surface area contributed by atoms with E-state index < -0.39 is 5.82 Å². The number of anilines is 1. The van der Waals surface area contributed by atoms with Crippen molar-refractivity contribution in [1.29, 1.82) is 0 Å². The normalized spacial score (nSPS) is 10.4. The lowest BCUT2D eigenvalue weighted by Crippen LogP contribution is -2.02. The predicted molar refractivity (Wildman–Crippen MR) is 81.1 cm³/mol. The average molecular weight is 294 g/mol. The second kappa shape index (κ2) is 6.62. The molecule has 0 aromatic heterocycles. The van der Waals surface area contributed by atoms with E-state index in [1.807, 2.05) is 32.0 Å². The molecule has 0 heterocycles. The summed E-state index contributed by atoms with van der Waals surface area (Å²) in [6.45, 7) is 5.22. The number of halogens is 2. The summed E-state index contributed by atoms with van der Waals surface area (Å²) >= 11 is 5.76. The molecule has 4 heteroatoms. The van der Waals surface area contributed by atoms with Gasteiger partial charge >= 0.3 is 0 Å². The molecule has 0 aliphatic heterocycles. The Morgan fingerprint density at radius 1 is 1.20 bits per heavy atom. The van der Waals surface area contributed by atoms with Crippen LogP contribution >= 0.6 is 11.6 Å². The summed E-state index contributed by atoms with van der Waals surface area (Å²) in [7, 11) is 0. The lowest BCUT2D eigenvalue weighted by molar-refractivity contribution is 0.340. The smallest absolute Gasteiger partial charge is 0.141 e. The molecular formula is C16H17ClFNO. The van der Waals surface area contributed by atoms with E-state index in [0.717, 1.165) is 22.6 Å². The maximum Gasteiger partial charge on any atom is 0.141 e. The molecule has 20 heavy (non-hydrogen) atoms. The lowest BCUT2D eigenvalue weighted by Gasteiger charge is -2.12. The minimum absolute atomic E-state index is 0.146. The molecule has 0 saturated heterocycles. The standard InChI is InChI=1S/C16H17ClFNO/c1-3-20-13-5-7-16(11(2)8-13)19-10-12-4-6-15(18)14(17)9-12/h4-9,19H,3,10H2,1-2H3. The van der Waals surface area contributed by atoms with Crippen LogP contribution in [0.25, 0.3) is 0 Å². The van der Waals surface area contributed by atoms with Crippen molar-refractivity contribution in [1.82, 2.24) is 0 Å². The van der Waals surface area contributed by atoms with Gasteiger partial charge in [0, 0.05) is 12.2 Å².